The number of hydrogen-bond acceptors (Lipinski definition) is 2. The van der Waals surface area contributed by atoms with Gasteiger partial charge in [0, 0.05) is 22.7 Å². The van der Waals surface area contributed by atoms with Crippen molar-refractivity contribution in [2.24, 2.45) is 0 Å². The maximum atomic E-state index is 6.02. The first-order valence-electron chi connectivity index (χ1n) is 5.98. The van der Waals surface area contributed by atoms with Crippen LogP contribution in [0.25, 0.3) is 0 Å². The average Bonchev–Trinajstić information content (AvgIpc) is 2.16. The Morgan fingerprint density at radius 2 is 1.94 bits per heavy atom. The monoisotopic (exact) mass is 255 g/mol. The van der Waals surface area contributed by atoms with E-state index in [1.54, 1.807) is 0 Å². The lowest BCUT2D eigenvalue weighted by Crippen LogP contribution is -2.35. The van der Waals surface area contributed by atoms with Gasteiger partial charge in [-0.1, -0.05) is 11.6 Å². The second kappa shape index (κ2) is 5.74. The van der Waals surface area contributed by atoms with Gasteiger partial charge in [-0.25, -0.2) is 0 Å². The number of hydrogen-bond donors (Lipinski definition) is 1. The smallest absolute Gasteiger partial charge is 0.124 e. The van der Waals surface area contributed by atoms with Crippen molar-refractivity contribution in [3.05, 3.63) is 28.8 Å². The third kappa shape index (κ3) is 5.42. The van der Waals surface area contributed by atoms with E-state index in [4.69, 9.17) is 16.3 Å². The summed E-state index contributed by atoms with van der Waals surface area (Å²) >= 11 is 6.02. The highest BCUT2D eigenvalue weighted by Crippen LogP contribution is 2.24. The maximum absolute atomic E-state index is 6.02. The lowest BCUT2D eigenvalue weighted by molar-refractivity contribution is 0.238. The summed E-state index contributed by atoms with van der Waals surface area (Å²) < 4.78 is 5.77. The molecular formula is C14H22ClNO. The molecule has 96 valence electrons. The van der Waals surface area contributed by atoms with Crippen LogP contribution in [0, 0.1) is 0 Å². The molecule has 0 fully saturated rings. The van der Waals surface area contributed by atoms with Gasteiger partial charge in [0.05, 0.1) is 6.10 Å². The third-order valence-corrected chi connectivity index (χ3v) is 2.43. The predicted molar refractivity (Wildman–Crippen MR) is 73.8 cm³/mol. The highest BCUT2D eigenvalue weighted by Gasteiger charge is 2.12. The highest BCUT2D eigenvalue weighted by molar-refractivity contribution is 6.30. The lowest BCUT2D eigenvalue weighted by atomic mass is 10.1. The molecule has 0 aliphatic carbocycles. The van der Waals surface area contributed by atoms with E-state index >= 15 is 0 Å². The molecule has 1 N–H and O–H groups in total. The molecule has 1 aromatic rings. The Kier molecular flexibility index (Phi) is 4.84. The summed E-state index contributed by atoms with van der Waals surface area (Å²) in [6, 6.07) is 5.75. The molecule has 1 rings (SSSR count). The zero-order chi connectivity index (χ0) is 13.1. The highest BCUT2D eigenvalue weighted by atomic mass is 35.5. The molecule has 3 heteroatoms. The molecule has 17 heavy (non-hydrogen) atoms. The summed E-state index contributed by atoms with van der Waals surface area (Å²) in [5.41, 5.74) is 1.18. The molecule has 0 saturated heterocycles. The van der Waals surface area contributed by atoms with Crippen molar-refractivity contribution in [1.29, 1.82) is 0 Å². The quantitative estimate of drug-likeness (QED) is 0.878. The van der Waals surface area contributed by atoms with E-state index in [1.807, 2.05) is 32.0 Å². The zero-order valence-electron chi connectivity index (χ0n) is 11.3. The molecule has 0 amide bonds. The molecule has 0 aromatic heterocycles. The molecule has 0 bridgehead atoms. The summed E-state index contributed by atoms with van der Waals surface area (Å²) in [6.07, 6.45) is 0.171. The second-order valence-electron chi connectivity index (χ2n) is 5.52. The van der Waals surface area contributed by atoms with Gasteiger partial charge < -0.3 is 10.1 Å². The van der Waals surface area contributed by atoms with E-state index < -0.39 is 0 Å². The van der Waals surface area contributed by atoms with Crippen molar-refractivity contribution in [1.82, 2.24) is 5.32 Å². The lowest BCUT2D eigenvalue weighted by Gasteiger charge is -2.22. The van der Waals surface area contributed by atoms with Gasteiger partial charge in [-0.05, 0) is 52.8 Å². The van der Waals surface area contributed by atoms with Crippen LogP contribution in [-0.2, 0) is 6.54 Å². The van der Waals surface area contributed by atoms with Gasteiger partial charge in [-0.2, -0.15) is 0 Å². The van der Waals surface area contributed by atoms with Crippen LogP contribution in [0.4, 0.5) is 0 Å². The Morgan fingerprint density at radius 1 is 1.29 bits per heavy atom. The minimum Gasteiger partial charge on any atom is -0.491 e. The fourth-order valence-electron chi connectivity index (χ4n) is 1.42. The van der Waals surface area contributed by atoms with Gasteiger partial charge in [0.1, 0.15) is 5.75 Å². The second-order valence-corrected chi connectivity index (χ2v) is 5.96. The van der Waals surface area contributed by atoms with Crippen LogP contribution in [0.1, 0.15) is 40.2 Å². The summed E-state index contributed by atoms with van der Waals surface area (Å²) in [5.74, 6) is 0.904. The fourth-order valence-corrected chi connectivity index (χ4v) is 1.61. The van der Waals surface area contributed by atoms with E-state index in [0.29, 0.717) is 0 Å². The number of halogens is 1. The SMILES string of the molecule is CC(C)Oc1ccc(Cl)cc1CNC(C)(C)C. The minimum atomic E-state index is 0.0808. The normalized spacial score (nSPS) is 11.9. The van der Waals surface area contributed by atoms with Gasteiger partial charge in [0.2, 0.25) is 0 Å². The Labute approximate surface area is 109 Å². The van der Waals surface area contributed by atoms with E-state index in [0.717, 1.165) is 22.9 Å². The molecule has 0 aliphatic heterocycles. The van der Waals surface area contributed by atoms with Crippen LogP contribution in [0.2, 0.25) is 5.02 Å². The van der Waals surface area contributed by atoms with Crippen molar-refractivity contribution in [2.75, 3.05) is 0 Å². The summed E-state index contributed by atoms with van der Waals surface area (Å²) in [4.78, 5) is 0. The first-order chi connectivity index (χ1) is 7.78. The molecule has 2 nitrogen and oxygen atoms in total. The topological polar surface area (TPSA) is 21.3 Å². The molecule has 0 aliphatic rings. The molecule has 0 spiro atoms. The molecule has 0 unspecified atom stereocenters. The van der Waals surface area contributed by atoms with Crippen LogP contribution in [0.15, 0.2) is 18.2 Å². The Balaban J connectivity index is 2.83. The Morgan fingerprint density at radius 3 is 2.47 bits per heavy atom. The van der Waals surface area contributed by atoms with Crippen molar-refractivity contribution in [2.45, 2.75) is 52.8 Å². The molecule has 0 saturated carbocycles. The van der Waals surface area contributed by atoms with Crippen LogP contribution < -0.4 is 10.1 Å². The number of ether oxygens (including phenoxy) is 1. The molecule has 0 heterocycles. The van der Waals surface area contributed by atoms with Crippen LogP contribution in [-0.4, -0.2) is 11.6 Å². The van der Waals surface area contributed by atoms with Crippen LogP contribution in [0.5, 0.6) is 5.75 Å². The minimum absolute atomic E-state index is 0.0808. The zero-order valence-corrected chi connectivity index (χ0v) is 12.1. The van der Waals surface area contributed by atoms with E-state index in [2.05, 4.69) is 26.1 Å². The molecule has 0 atom stereocenters. The number of nitrogens with one attached hydrogen (secondary N) is 1. The van der Waals surface area contributed by atoms with Crippen molar-refractivity contribution < 1.29 is 4.74 Å². The fraction of sp³-hybridized carbons (Fsp3) is 0.571. The Bertz CT molecular complexity index is 369. The van der Waals surface area contributed by atoms with Crippen molar-refractivity contribution in [3.8, 4) is 5.75 Å². The summed E-state index contributed by atoms with van der Waals surface area (Å²) in [6.45, 7) is 11.2. The Hall–Kier alpha value is -0.730. The van der Waals surface area contributed by atoms with E-state index in [-0.39, 0.29) is 11.6 Å². The van der Waals surface area contributed by atoms with Gasteiger partial charge in [0.25, 0.3) is 0 Å². The largest absolute Gasteiger partial charge is 0.491 e. The first kappa shape index (κ1) is 14.3. The van der Waals surface area contributed by atoms with Crippen molar-refractivity contribution in [3.63, 3.8) is 0 Å². The van der Waals surface area contributed by atoms with Crippen molar-refractivity contribution >= 4 is 11.6 Å². The number of rotatable bonds is 4. The van der Waals surface area contributed by atoms with Gasteiger partial charge in [-0.15, -0.1) is 0 Å². The van der Waals surface area contributed by atoms with Gasteiger partial charge in [0.15, 0.2) is 0 Å². The standard InChI is InChI=1S/C14H22ClNO/c1-10(2)17-13-7-6-12(15)8-11(13)9-16-14(3,4)5/h6-8,10,16H,9H2,1-5H3. The third-order valence-electron chi connectivity index (χ3n) is 2.19. The van der Waals surface area contributed by atoms with E-state index in [1.165, 1.54) is 0 Å². The maximum Gasteiger partial charge on any atom is 0.124 e. The van der Waals surface area contributed by atoms with E-state index in [9.17, 15) is 0 Å². The first-order valence-corrected chi connectivity index (χ1v) is 6.36. The van der Waals surface area contributed by atoms with Crippen LogP contribution >= 0.6 is 11.6 Å². The predicted octanol–water partition coefficient (Wildman–Crippen LogP) is 4.02. The molecule has 1 aromatic carbocycles. The number of benzene rings is 1. The summed E-state index contributed by atoms with van der Waals surface area (Å²) in [5, 5.41) is 4.18. The molecular weight excluding hydrogens is 234 g/mol. The van der Waals surface area contributed by atoms with Crippen LogP contribution in [0.3, 0.4) is 0 Å². The molecule has 0 radical (unpaired) electrons. The summed E-state index contributed by atoms with van der Waals surface area (Å²) in [7, 11) is 0. The average molecular weight is 256 g/mol. The van der Waals surface area contributed by atoms with Gasteiger partial charge in [-0.3, -0.25) is 0 Å². The van der Waals surface area contributed by atoms with Gasteiger partial charge >= 0.3 is 0 Å².